The Kier molecular flexibility index (Phi) is 6.92. The summed E-state index contributed by atoms with van der Waals surface area (Å²) in [5.41, 5.74) is 1.68. The number of sulfonamides is 1. The van der Waals surface area contributed by atoms with Crippen LogP contribution in [0.25, 0.3) is 0 Å². The standard InChI is InChI=1S/C20H24ClF3N4O3S/c1-13-16(14(2)26(3)25-13)5-7-19(29)27-8-10-28(11-9-27)32(30,31)15-4-6-18(21)17(12-15)20(22,23)24/h4,6,12H,5,7-11H2,1-3H3. The second-order valence-electron chi connectivity index (χ2n) is 7.70. The molecule has 2 aromatic rings. The lowest BCUT2D eigenvalue weighted by atomic mass is 10.1. The highest BCUT2D eigenvalue weighted by atomic mass is 35.5. The van der Waals surface area contributed by atoms with E-state index >= 15 is 0 Å². The smallest absolute Gasteiger partial charge is 0.340 e. The number of alkyl halides is 3. The first kappa shape index (κ1) is 24.5. The van der Waals surface area contributed by atoms with Gasteiger partial charge in [0.25, 0.3) is 0 Å². The van der Waals surface area contributed by atoms with Crippen LogP contribution in [0.4, 0.5) is 13.2 Å². The zero-order valence-corrected chi connectivity index (χ0v) is 19.5. The lowest BCUT2D eigenvalue weighted by Crippen LogP contribution is -2.50. The third-order valence-electron chi connectivity index (χ3n) is 5.72. The van der Waals surface area contributed by atoms with Gasteiger partial charge in [-0.3, -0.25) is 9.48 Å². The summed E-state index contributed by atoms with van der Waals surface area (Å²) in [5, 5.41) is 3.77. The van der Waals surface area contributed by atoms with Crippen molar-refractivity contribution in [3.63, 3.8) is 0 Å². The summed E-state index contributed by atoms with van der Waals surface area (Å²) in [6, 6.07) is 2.54. The lowest BCUT2D eigenvalue weighted by Gasteiger charge is -2.34. The lowest BCUT2D eigenvalue weighted by molar-refractivity contribution is -0.137. The minimum atomic E-state index is -4.77. The fourth-order valence-electron chi connectivity index (χ4n) is 3.78. The van der Waals surface area contributed by atoms with Crippen LogP contribution in [0.5, 0.6) is 0 Å². The molecule has 0 aliphatic carbocycles. The van der Waals surface area contributed by atoms with Gasteiger partial charge in [0.05, 0.1) is 21.2 Å². The van der Waals surface area contributed by atoms with Crippen LogP contribution in [0.2, 0.25) is 5.02 Å². The normalized spacial score (nSPS) is 15.9. The van der Waals surface area contributed by atoms with Crippen LogP contribution in [0.15, 0.2) is 23.1 Å². The Morgan fingerprint density at radius 1 is 1.16 bits per heavy atom. The molecule has 0 bridgehead atoms. The molecule has 32 heavy (non-hydrogen) atoms. The number of halogens is 4. The van der Waals surface area contributed by atoms with E-state index in [4.69, 9.17) is 11.6 Å². The Balaban J connectivity index is 1.64. The van der Waals surface area contributed by atoms with Gasteiger partial charge in [-0.1, -0.05) is 11.6 Å². The number of amides is 1. The molecule has 1 aromatic heterocycles. The van der Waals surface area contributed by atoms with Crippen LogP contribution in [-0.4, -0.2) is 59.5 Å². The maximum Gasteiger partial charge on any atom is 0.417 e. The SMILES string of the molecule is Cc1nn(C)c(C)c1CCC(=O)N1CCN(S(=O)(=O)c2ccc(Cl)c(C(F)(F)F)c2)CC1. The highest BCUT2D eigenvalue weighted by molar-refractivity contribution is 7.89. The quantitative estimate of drug-likeness (QED) is 0.642. The van der Waals surface area contributed by atoms with Crippen molar-refractivity contribution in [2.75, 3.05) is 26.2 Å². The number of aryl methyl sites for hydroxylation is 2. The molecular weight excluding hydrogens is 469 g/mol. The van der Waals surface area contributed by atoms with Gasteiger partial charge in [0, 0.05) is 45.3 Å². The minimum absolute atomic E-state index is 0.00298. The number of carbonyl (C=O) groups is 1. The van der Waals surface area contributed by atoms with Gasteiger partial charge in [0.2, 0.25) is 15.9 Å². The van der Waals surface area contributed by atoms with Crippen molar-refractivity contribution in [1.29, 1.82) is 0 Å². The summed E-state index contributed by atoms with van der Waals surface area (Å²) >= 11 is 5.59. The third-order valence-corrected chi connectivity index (χ3v) is 7.94. The second-order valence-corrected chi connectivity index (χ2v) is 10.0. The molecule has 0 unspecified atom stereocenters. The summed E-state index contributed by atoms with van der Waals surface area (Å²) in [6.07, 6.45) is -3.96. The fourth-order valence-corrected chi connectivity index (χ4v) is 5.45. The average Bonchev–Trinajstić information content (AvgIpc) is 2.96. The molecule has 7 nitrogen and oxygen atoms in total. The minimum Gasteiger partial charge on any atom is -0.340 e. The number of nitrogens with zero attached hydrogens (tertiary/aromatic N) is 4. The van der Waals surface area contributed by atoms with Gasteiger partial charge in [0.15, 0.2) is 0 Å². The molecule has 1 aliphatic rings. The predicted molar refractivity (Wildman–Crippen MR) is 113 cm³/mol. The number of hydrogen-bond acceptors (Lipinski definition) is 4. The maximum atomic E-state index is 13.1. The van der Waals surface area contributed by atoms with Crippen molar-refractivity contribution < 1.29 is 26.4 Å². The molecule has 0 atom stereocenters. The topological polar surface area (TPSA) is 75.5 Å². The highest BCUT2D eigenvalue weighted by Crippen LogP contribution is 2.36. The molecule has 1 saturated heterocycles. The Morgan fingerprint density at radius 2 is 1.78 bits per heavy atom. The van der Waals surface area contributed by atoms with Gasteiger partial charge in [-0.2, -0.15) is 22.6 Å². The third kappa shape index (κ3) is 4.94. The Morgan fingerprint density at radius 3 is 2.31 bits per heavy atom. The van der Waals surface area contributed by atoms with E-state index in [0.29, 0.717) is 12.5 Å². The molecule has 2 heterocycles. The van der Waals surface area contributed by atoms with Crippen LogP contribution in [0.1, 0.15) is 28.9 Å². The molecule has 3 rings (SSSR count). The van der Waals surface area contributed by atoms with E-state index < -0.39 is 31.7 Å². The van der Waals surface area contributed by atoms with E-state index in [1.165, 1.54) is 0 Å². The number of rotatable bonds is 5. The van der Waals surface area contributed by atoms with Crippen molar-refractivity contribution >= 4 is 27.5 Å². The first-order chi connectivity index (χ1) is 14.8. The van der Waals surface area contributed by atoms with Gasteiger partial charge in [-0.25, -0.2) is 8.42 Å². The summed E-state index contributed by atoms with van der Waals surface area (Å²) in [6.45, 7) is 4.17. The first-order valence-electron chi connectivity index (χ1n) is 9.96. The molecular formula is C20H24ClF3N4O3S. The Labute approximate surface area is 189 Å². The number of benzene rings is 1. The molecule has 0 spiro atoms. The van der Waals surface area contributed by atoms with Gasteiger partial charge < -0.3 is 4.90 Å². The van der Waals surface area contributed by atoms with Crippen molar-refractivity contribution in [2.45, 2.75) is 37.8 Å². The van der Waals surface area contributed by atoms with E-state index in [-0.39, 0.29) is 38.5 Å². The fraction of sp³-hybridized carbons (Fsp3) is 0.500. The monoisotopic (exact) mass is 492 g/mol. The number of hydrogen-bond donors (Lipinski definition) is 0. The van der Waals surface area contributed by atoms with E-state index in [9.17, 15) is 26.4 Å². The molecule has 1 aromatic carbocycles. The summed E-state index contributed by atoms with van der Waals surface area (Å²) < 4.78 is 67.9. The number of piperazine rings is 1. The second kappa shape index (κ2) is 9.03. The largest absolute Gasteiger partial charge is 0.417 e. The van der Waals surface area contributed by atoms with Crippen LogP contribution < -0.4 is 0 Å². The highest BCUT2D eigenvalue weighted by Gasteiger charge is 2.36. The summed E-state index contributed by atoms with van der Waals surface area (Å²) in [7, 11) is -2.31. The van der Waals surface area contributed by atoms with Crippen LogP contribution >= 0.6 is 11.6 Å². The van der Waals surface area contributed by atoms with E-state index in [1.54, 1.807) is 9.58 Å². The summed E-state index contributed by atoms with van der Waals surface area (Å²) in [4.78, 5) is 13.7. The first-order valence-corrected chi connectivity index (χ1v) is 11.8. The number of aromatic nitrogens is 2. The van der Waals surface area contributed by atoms with Crippen LogP contribution in [-0.2, 0) is 34.5 Å². The molecule has 0 radical (unpaired) electrons. The summed E-state index contributed by atoms with van der Waals surface area (Å²) in [5.74, 6) is -0.101. The van der Waals surface area contributed by atoms with Crippen molar-refractivity contribution in [3.05, 3.63) is 45.7 Å². The zero-order valence-electron chi connectivity index (χ0n) is 17.9. The molecule has 0 saturated carbocycles. The van der Waals surface area contributed by atoms with Gasteiger partial charge >= 0.3 is 6.18 Å². The van der Waals surface area contributed by atoms with E-state index in [1.807, 2.05) is 20.9 Å². The van der Waals surface area contributed by atoms with Gasteiger partial charge in [-0.05, 0) is 44.0 Å². The van der Waals surface area contributed by atoms with Gasteiger partial charge in [0.1, 0.15) is 0 Å². The average molecular weight is 493 g/mol. The molecule has 176 valence electrons. The van der Waals surface area contributed by atoms with Crippen LogP contribution in [0, 0.1) is 13.8 Å². The predicted octanol–water partition coefficient (Wildman–Crippen LogP) is 3.17. The van der Waals surface area contributed by atoms with E-state index in [2.05, 4.69) is 5.10 Å². The molecule has 1 amide bonds. The Bertz CT molecular complexity index is 1120. The van der Waals surface area contributed by atoms with Crippen molar-refractivity contribution in [2.24, 2.45) is 7.05 Å². The van der Waals surface area contributed by atoms with Crippen molar-refractivity contribution in [1.82, 2.24) is 19.0 Å². The van der Waals surface area contributed by atoms with Crippen LogP contribution in [0.3, 0.4) is 0 Å². The zero-order chi connectivity index (χ0) is 23.8. The molecule has 1 fully saturated rings. The molecule has 1 aliphatic heterocycles. The van der Waals surface area contributed by atoms with Crippen molar-refractivity contribution in [3.8, 4) is 0 Å². The van der Waals surface area contributed by atoms with Gasteiger partial charge in [-0.15, -0.1) is 0 Å². The number of carbonyl (C=O) groups excluding carboxylic acids is 1. The van der Waals surface area contributed by atoms with E-state index in [0.717, 1.165) is 33.4 Å². The maximum absolute atomic E-state index is 13.1. The molecule has 0 N–H and O–H groups in total. The Hall–Kier alpha value is -2.11. The molecule has 12 heteroatoms.